The second kappa shape index (κ2) is 4.77. The van der Waals surface area contributed by atoms with Crippen LogP contribution in [0.3, 0.4) is 0 Å². The van der Waals surface area contributed by atoms with Gasteiger partial charge in [-0.15, -0.1) is 17.9 Å². The van der Waals surface area contributed by atoms with Gasteiger partial charge in [0, 0.05) is 17.3 Å². The molecule has 5 nitrogen and oxygen atoms in total. The van der Waals surface area contributed by atoms with E-state index in [1.165, 1.54) is 0 Å². The fourth-order valence-corrected chi connectivity index (χ4v) is 2.82. The number of urea groups is 1. The van der Waals surface area contributed by atoms with Crippen molar-refractivity contribution in [1.82, 2.24) is 9.88 Å². The molecule has 6 heteroatoms. The lowest BCUT2D eigenvalue weighted by atomic mass is 9.98. The molecule has 0 saturated heterocycles. The van der Waals surface area contributed by atoms with Crippen LogP contribution < -0.4 is 5.73 Å². The molecule has 1 aliphatic rings. The van der Waals surface area contributed by atoms with Gasteiger partial charge in [-0.2, -0.15) is 4.99 Å². The zero-order valence-electron chi connectivity index (χ0n) is 11.4. The average molecular weight is 278 g/mol. The van der Waals surface area contributed by atoms with Gasteiger partial charge in [0.05, 0.1) is 10.7 Å². The van der Waals surface area contributed by atoms with Gasteiger partial charge in [-0.25, -0.2) is 9.78 Å². The highest BCUT2D eigenvalue weighted by atomic mass is 32.1. The number of amidine groups is 1. The Labute approximate surface area is 116 Å². The van der Waals surface area contributed by atoms with Crippen LogP contribution in [0.4, 0.5) is 4.79 Å². The highest BCUT2D eigenvalue weighted by Gasteiger charge is 2.36. The Hall–Kier alpha value is -1.69. The second-order valence-corrected chi connectivity index (χ2v) is 6.35. The number of carbonyl (C=O) groups excluding carboxylic acids is 1. The molecule has 0 spiro atoms. The number of hydrogen-bond acceptors (Lipinski definition) is 4. The van der Waals surface area contributed by atoms with Gasteiger partial charge in [0.15, 0.2) is 0 Å². The quantitative estimate of drug-likeness (QED) is 0.863. The standard InChI is InChI=1S/C13H18N4OS/c1-5-6-17-9(10(14)16-12(17)18)8-7-19-11(15-8)13(2,3)4/h5,7,9H,1,6H2,2-4H3,(H2,14,16,18). The topological polar surface area (TPSA) is 71.6 Å². The summed E-state index contributed by atoms with van der Waals surface area (Å²) in [6, 6.07) is -0.689. The van der Waals surface area contributed by atoms with Crippen LogP contribution in [-0.4, -0.2) is 28.3 Å². The molecule has 19 heavy (non-hydrogen) atoms. The van der Waals surface area contributed by atoms with Crippen molar-refractivity contribution in [2.24, 2.45) is 10.7 Å². The zero-order valence-corrected chi connectivity index (χ0v) is 12.2. The van der Waals surface area contributed by atoms with E-state index in [4.69, 9.17) is 5.73 Å². The summed E-state index contributed by atoms with van der Waals surface area (Å²) >= 11 is 1.58. The first-order valence-electron chi connectivity index (χ1n) is 6.06. The molecule has 1 unspecified atom stereocenters. The fourth-order valence-electron chi connectivity index (χ4n) is 1.90. The van der Waals surface area contributed by atoms with E-state index in [-0.39, 0.29) is 17.5 Å². The lowest BCUT2D eigenvalue weighted by Gasteiger charge is -2.21. The summed E-state index contributed by atoms with van der Waals surface area (Å²) in [5, 5.41) is 2.97. The first kappa shape index (κ1) is 13.7. The number of rotatable bonds is 3. The van der Waals surface area contributed by atoms with Crippen LogP contribution in [0.2, 0.25) is 0 Å². The lowest BCUT2D eigenvalue weighted by Crippen LogP contribution is -2.33. The molecule has 0 aliphatic carbocycles. The summed E-state index contributed by atoms with van der Waals surface area (Å²) in [4.78, 5) is 21.7. The number of aliphatic imine (C=N–C) groups is 1. The minimum Gasteiger partial charge on any atom is -0.385 e. The monoisotopic (exact) mass is 278 g/mol. The molecule has 1 aliphatic heterocycles. The van der Waals surface area contributed by atoms with E-state index in [0.29, 0.717) is 12.4 Å². The SMILES string of the molecule is C=CCN1C(=O)N=C(N)C1c1csc(C(C)(C)C)n1. The van der Waals surface area contributed by atoms with Crippen molar-refractivity contribution < 1.29 is 4.79 Å². The van der Waals surface area contributed by atoms with Crippen molar-refractivity contribution in [3.63, 3.8) is 0 Å². The predicted molar refractivity (Wildman–Crippen MR) is 77.5 cm³/mol. The molecule has 0 radical (unpaired) electrons. The molecule has 2 rings (SSSR count). The zero-order chi connectivity index (χ0) is 14.2. The van der Waals surface area contributed by atoms with Gasteiger partial charge in [-0.1, -0.05) is 26.8 Å². The van der Waals surface area contributed by atoms with Crippen LogP contribution in [0.25, 0.3) is 0 Å². The molecule has 1 aromatic rings. The number of nitrogens with zero attached hydrogens (tertiary/aromatic N) is 3. The van der Waals surface area contributed by atoms with Crippen molar-refractivity contribution >= 4 is 23.2 Å². The maximum Gasteiger partial charge on any atom is 0.346 e. The third kappa shape index (κ3) is 2.53. The van der Waals surface area contributed by atoms with Crippen molar-refractivity contribution in [1.29, 1.82) is 0 Å². The Morgan fingerprint density at radius 2 is 2.26 bits per heavy atom. The molecular formula is C13H18N4OS. The smallest absolute Gasteiger partial charge is 0.346 e. The molecular weight excluding hydrogens is 260 g/mol. The van der Waals surface area contributed by atoms with Gasteiger partial charge in [-0.3, -0.25) is 0 Å². The van der Waals surface area contributed by atoms with E-state index in [9.17, 15) is 4.79 Å². The minimum atomic E-state index is -0.363. The molecule has 2 N–H and O–H groups in total. The largest absolute Gasteiger partial charge is 0.385 e. The summed E-state index contributed by atoms with van der Waals surface area (Å²) in [6.07, 6.45) is 1.66. The van der Waals surface area contributed by atoms with Crippen molar-refractivity contribution in [3.8, 4) is 0 Å². The highest BCUT2D eigenvalue weighted by molar-refractivity contribution is 7.09. The number of hydrogen-bond donors (Lipinski definition) is 1. The van der Waals surface area contributed by atoms with Crippen LogP contribution in [-0.2, 0) is 5.41 Å². The van der Waals surface area contributed by atoms with E-state index in [2.05, 4.69) is 37.3 Å². The van der Waals surface area contributed by atoms with E-state index < -0.39 is 0 Å². The molecule has 2 heterocycles. The Balaban J connectivity index is 2.34. The van der Waals surface area contributed by atoms with Crippen molar-refractivity contribution in [2.75, 3.05) is 6.54 Å². The van der Waals surface area contributed by atoms with Gasteiger partial charge in [0.25, 0.3) is 0 Å². The van der Waals surface area contributed by atoms with E-state index in [1.807, 2.05) is 5.38 Å². The third-order valence-corrected chi connectivity index (χ3v) is 4.12. The summed E-state index contributed by atoms with van der Waals surface area (Å²) in [5.41, 5.74) is 6.63. The van der Waals surface area contributed by atoms with Crippen LogP contribution >= 0.6 is 11.3 Å². The predicted octanol–water partition coefficient (Wildman–Crippen LogP) is 2.46. The van der Waals surface area contributed by atoms with Gasteiger partial charge >= 0.3 is 6.03 Å². The maximum atomic E-state index is 11.7. The number of amides is 2. The Morgan fingerprint density at radius 1 is 1.58 bits per heavy atom. The molecule has 0 saturated carbocycles. The lowest BCUT2D eigenvalue weighted by molar-refractivity contribution is 0.212. The first-order valence-corrected chi connectivity index (χ1v) is 6.94. The van der Waals surface area contributed by atoms with Crippen LogP contribution in [0.5, 0.6) is 0 Å². The molecule has 1 aromatic heterocycles. The molecule has 1 atom stereocenters. The Bertz CT molecular complexity index is 541. The molecule has 0 aromatic carbocycles. The number of carbonyl (C=O) groups is 1. The highest BCUT2D eigenvalue weighted by Crippen LogP contribution is 2.32. The first-order chi connectivity index (χ1) is 8.84. The maximum absolute atomic E-state index is 11.7. The summed E-state index contributed by atoms with van der Waals surface area (Å²) in [6.45, 7) is 10.4. The summed E-state index contributed by atoms with van der Waals surface area (Å²) in [7, 11) is 0. The summed E-state index contributed by atoms with van der Waals surface area (Å²) < 4.78 is 0. The van der Waals surface area contributed by atoms with Gasteiger partial charge in [-0.05, 0) is 0 Å². The fraction of sp³-hybridized carbons (Fsp3) is 0.462. The van der Waals surface area contributed by atoms with E-state index in [1.54, 1.807) is 22.3 Å². The Morgan fingerprint density at radius 3 is 2.79 bits per heavy atom. The second-order valence-electron chi connectivity index (χ2n) is 5.49. The Kier molecular flexibility index (Phi) is 3.45. The third-order valence-electron chi connectivity index (χ3n) is 2.83. The number of thiazole rings is 1. The molecule has 102 valence electrons. The van der Waals surface area contributed by atoms with Crippen LogP contribution in [0.1, 0.15) is 37.5 Å². The van der Waals surface area contributed by atoms with Gasteiger partial charge in [0.1, 0.15) is 11.9 Å². The van der Waals surface area contributed by atoms with Crippen molar-refractivity contribution in [3.05, 3.63) is 28.7 Å². The molecule has 0 bridgehead atoms. The van der Waals surface area contributed by atoms with Crippen molar-refractivity contribution in [2.45, 2.75) is 32.2 Å². The van der Waals surface area contributed by atoms with E-state index >= 15 is 0 Å². The number of aromatic nitrogens is 1. The summed E-state index contributed by atoms with van der Waals surface area (Å²) in [5.74, 6) is 0.303. The van der Waals surface area contributed by atoms with Crippen LogP contribution in [0, 0.1) is 0 Å². The normalized spacial score (nSPS) is 19.7. The minimum absolute atomic E-state index is 0.0132. The van der Waals surface area contributed by atoms with Gasteiger partial charge in [0.2, 0.25) is 0 Å². The molecule has 2 amide bonds. The van der Waals surface area contributed by atoms with Crippen LogP contribution in [0.15, 0.2) is 23.0 Å². The van der Waals surface area contributed by atoms with E-state index in [0.717, 1.165) is 10.7 Å². The molecule has 0 fully saturated rings. The van der Waals surface area contributed by atoms with Gasteiger partial charge < -0.3 is 10.6 Å². The average Bonchev–Trinajstić information content (AvgIpc) is 2.85. The number of nitrogens with two attached hydrogens (primary N) is 1.